The summed E-state index contributed by atoms with van der Waals surface area (Å²) in [7, 11) is -4.08. The van der Waals surface area contributed by atoms with E-state index in [1.165, 1.54) is 6.07 Å². The lowest BCUT2D eigenvalue weighted by Crippen LogP contribution is -2.15. The first-order valence-electron chi connectivity index (χ1n) is 4.75. The Kier molecular flexibility index (Phi) is 3.22. The Balaban J connectivity index is 2.36. The first-order chi connectivity index (χ1) is 8.38. The zero-order valence-corrected chi connectivity index (χ0v) is 10.7. The Labute approximate surface area is 107 Å². The molecule has 0 amide bonds. The number of rotatable bonds is 3. The van der Waals surface area contributed by atoms with E-state index in [2.05, 4.69) is 19.9 Å². The molecular weight excluding hydrogens is 283 g/mol. The van der Waals surface area contributed by atoms with Crippen LogP contribution in [0.25, 0.3) is 0 Å². The summed E-state index contributed by atoms with van der Waals surface area (Å²) < 4.78 is 39.3. The number of benzene rings is 1. The van der Waals surface area contributed by atoms with Crippen molar-refractivity contribution < 1.29 is 12.8 Å². The van der Waals surface area contributed by atoms with E-state index in [9.17, 15) is 12.8 Å². The van der Waals surface area contributed by atoms with E-state index in [0.29, 0.717) is 5.82 Å². The summed E-state index contributed by atoms with van der Waals surface area (Å²) in [5.74, 6) is -0.659. The number of sulfonamides is 1. The number of H-pyrrole nitrogens is 1. The van der Waals surface area contributed by atoms with Gasteiger partial charge in [0.2, 0.25) is 0 Å². The van der Waals surface area contributed by atoms with Crippen LogP contribution in [0.15, 0.2) is 23.1 Å². The van der Waals surface area contributed by atoms with Crippen molar-refractivity contribution in [1.82, 2.24) is 15.2 Å². The van der Waals surface area contributed by atoms with Crippen molar-refractivity contribution >= 4 is 27.6 Å². The molecule has 18 heavy (non-hydrogen) atoms. The molecule has 2 N–H and O–H groups in total. The molecule has 96 valence electrons. The minimum atomic E-state index is -4.08. The molecule has 0 bridgehead atoms. The highest BCUT2D eigenvalue weighted by Crippen LogP contribution is 2.20. The summed E-state index contributed by atoms with van der Waals surface area (Å²) >= 11 is 5.55. The minimum Gasteiger partial charge on any atom is -0.261 e. The second-order valence-corrected chi connectivity index (χ2v) is 5.51. The molecule has 1 heterocycles. The third-order valence-electron chi connectivity index (χ3n) is 2.01. The monoisotopic (exact) mass is 290 g/mol. The predicted octanol–water partition coefficient (Wildman–Crippen LogP) is 1.71. The summed E-state index contributed by atoms with van der Waals surface area (Å²) in [6.07, 6.45) is 0. The number of nitrogens with zero attached hydrogens (tertiary/aromatic N) is 2. The van der Waals surface area contributed by atoms with E-state index >= 15 is 0 Å². The van der Waals surface area contributed by atoms with Crippen molar-refractivity contribution in [3.63, 3.8) is 0 Å². The maximum absolute atomic E-state index is 13.5. The van der Waals surface area contributed by atoms with E-state index in [0.717, 1.165) is 12.1 Å². The van der Waals surface area contributed by atoms with Crippen molar-refractivity contribution in [2.75, 3.05) is 4.72 Å². The maximum Gasteiger partial charge on any atom is 0.267 e. The number of hydrogen-bond acceptors (Lipinski definition) is 4. The molecular formula is C9H8ClFN4O2S. The van der Waals surface area contributed by atoms with Crippen LogP contribution in [0.2, 0.25) is 5.02 Å². The third kappa shape index (κ3) is 2.59. The average Bonchev–Trinajstić information content (AvgIpc) is 2.62. The van der Waals surface area contributed by atoms with Crippen LogP contribution in [0.1, 0.15) is 5.82 Å². The summed E-state index contributed by atoms with van der Waals surface area (Å²) in [5, 5.41) is 6.17. The number of hydrogen-bond donors (Lipinski definition) is 2. The molecule has 0 aliphatic heterocycles. The van der Waals surface area contributed by atoms with Crippen LogP contribution in [0.4, 0.5) is 10.3 Å². The Hall–Kier alpha value is -1.67. The van der Waals surface area contributed by atoms with Gasteiger partial charge in [-0.05, 0) is 25.1 Å². The van der Waals surface area contributed by atoms with E-state index in [1.807, 2.05) is 0 Å². The first kappa shape index (κ1) is 12.8. The molecule has 0 spiro atoms. The van der Waals surface area contributed by atoms with Gasteiger partial charge >= 0.3 is 0 Å². The molecule has 0 atom stereocenters. The van der Waals surface area contributed by atoms with Gasteiger partial charge in [0.05, 0.1) is 0 Å². The van der Waals surface area contributed by atoms with Gasteiger partial charge in [-0.1, -0.05) is 11.6 Å². The maximum atomic E-state index is 13.5. The van der Waals surface area contributed by atoms with Gasteiger partial charge in [0.15, 0.2) is 0 Å². The number of nitrogens with one attached hydrogen (secondary N) is 2. The minimum absolute atomic E-state index is 0.111. The number of aryl methyl sites for hydroxylation is 1. The Morgan fingerprint density at radius 2 is 2.17 bits per heavy atom. The van der Waals surface area contributed by atoms with Crippen molar-refractivity contribution in [2.45, 2.75) is 11.8 Å². The standard InChI is InChI=1S/C9H8ClFN4O2S/c1-5-12-9(14-13-5)15-18(16,17)8-3-2-6(10)4-7(8)11/h2-4H,1H3,(H2,12,13,14,15). The van der Waals surface area contributed by atoms with Gasteiger partial charge in [0, 0.05) is 5.02 Å². The van der Waals surface area contributed by atoms with Crippen molar-refractivity contribution in [1.29, 1.82) is 0 Å². The van der Waals surface area contributed by atoms with Crippen molar-refractivity contribution in [2.24, 2.45) is 0 Å². The van der Waals surface area contributed by atoms with Crippen LogP contribution in [0.5, 0.6) is 0 Å². The van der Waals surface area contributed by atoms with Gasteiger partial charge in [-0.25, -0.2) is 17.5 Å². The molecule has 0 aliphatic rings. The zero-order chi connectivity index (χ0) is 13.3. The molecule has 2 rings (SSSR count). The molecule has 2 aromatic rings. The molecule has 1 aromatic carbocycles. The van der Waals surface area contributed by atoms with Gasteiger partial charge in [0.1, 0.15) is 16.5 Å². The molecule has 0 saturated carbocycles. The fourth-order valence-corrected chi connectivity index (χ4v) is 2.42. The second-order valence-electron chi connectivity index (χ2n) is 3.42. The lowest BCUT2D eigenvalue weighted by Gasteiger charge is -2.05. The first-order valence-corrected chi connectivity index (χ1v) is 6.61. The summed E-state index contributed by atoms with van der Waals surface area (Å²) in [6.45, 7) is 1.60. The van der Waals surface area contributed by atoms with E-state index in [1.54, 1.807) is 6.92 Å². The number of anilines is 1. The average molecular weight is 291 g/mol. The molecule has 6 nitrogen and oxygen atoms in total. The van der Waals surface area contributed by atoms with Crippen LogP contribution < -0.4 is 4.72 Å². The third-order valence-corrected chi connectivity index (χ3v) is 3.60. The predicted molar refractivity (Wildman–Crippen MR) is 63.3 cm³/mol. The van der Waals surface area contributed by atoms with Gasteiger partial charge in [-0.3, -0.25) is 5.10 Å². The fourth-order valence-electron chi connectivity index (χ4n) is 1.26. The van der Waals surface area contributed by atoms with Gasteiger partial charge in [-0.2, -0.15) is 4.98 Å². The van der Waals surface area contributed by atoms with Gasteiger partial charge in [-0.15, -0.1) is 5.10 Å². The van der Waals surface area contributed by atoms with Crippen molar-refractivity contribution in [3.8, 4) is 0 Å². The smallest absolute Gasteiger partial charge is 0.261 e. The molecule has 0 saturated heterocycles. The lowest BCUT2D eigenvalue weighted by atomic mass is 10.3. The second kappa shape index (κ2) is 4.54. The SMILES string of the molecule is Cc1nc(NS(=O)(=O)c2ccc(Cl)cc2F)n[nH]1. The molecule has 0 unspecified atom stereocenters. The van der Waals surface area contributed by atoms with Crippen LogP contribution in [-0.2, 0) is 10.0 Å². The Morgan fingerprint density at radius 3 is 2.72 bits per heavy atom. The highest BCUT2D eigenvalue weighted by Gasteiger charge is 2.20. The van der Waals surface area contributed by atoms with Crippen LogP contribution in [0.3, 0.4) is 0 Å². The van der Waals surface area contributed by atoms with Crippen LogP contribution >= 0.6 is 11.6 Å². The van der Waals surface area contributed by atoms with Crippen LogP contribution in [0, 0.1) is 12.7 Å². The highest BCUT2D eigenvalue weighted by molar-refractivity contribution is 7.92. The van der Waals surface area contributed by atoms with E-state index in [-0.39, 0.29) is 11.0 Å². The number of halogens is 2. The van der Waals surface area contributed by atoms with Crippen LogP contribution in [-0.4, -0.2) is 23.6 Å². The highest BCUT2D eigenvalue weighted by atomic mass is 35.5. The molecule has 0 aliphatic carbocycles. The normalized spacial score (nSPS) is 11.5. The number of aromatic amines is 1. The largest absolute Gasteiger partial charge is 0.267 e. The zero-order valence-electron chi connectivity index (χ0n) is 9.11. The Morgan fingerprint density at radius 1 is 1.44 bits per heavy atom. The van der Waals surface area contributed by atoms with Gasteiger partial charge < -0.3 is 0 Å². The summed E-state index contributed by atoms with van der Waals surface area (Å²) in [6, 6.07) is 3.27. The summed E-state index contributed by atoms with van der Waals surface area (Å²) in [4.78, 5) is 3.24. The van der Waals surface area contributed by atoms with E-state index in [4.69, 9.17) is 11.6 Å². The lowest BCUT2D eigenvalue weighted by molar-refractivity contribution is 0.570. The molecule has 1 aromatic heterocycles. The van der Waals surface area contributed by atoms with Crippen molar-refractivity contribution in [3.05, 3.63) is 34.9 Å². The molecule has 0 radical (unpaired) electrons. The fraction of sp³-hybridized carbons (Fsp3) is 0.111. The number of aromatic nitrogens is 3. The topological polar surface area (TPSA) is 87.7 Å². The molecule has 0 fully saturated rings. The molecule has 9 heteroatoms. The van der Waals surface area contributed by atoms with E-state index < -0.39 is 20.7 Å². The summed E-state index contributed by atoms with van der Waals surface area (Å²) in [5.41, 5.74) is 0. The Bertz CT molecular complexity index is 686. The quantitative estimate of drug-likeness (QED) is 0.901. The van der Waals surface area contributed by atoms with Gasteiger partial charge in [0.25, 0.3) is 16.0 Å².